The van der Waals surface area contributed by atoms with Crippen molar-refractivity contribution in [3.05, 3.63) is 0 Å². The molecule has 6 heteroatoms. The van der Waals surface area contributed by atoms with E-state index in [0.29, 0.717) is 12.5 Å². The smallest absolute Gasteiger partial charge is 0.239 e. The lowest BCUT2D eigenvalue weighted by Crippen LogP contribution is -2.47. The highest BCUT2D eigenvalue weighted by molar-refractivity contribution is 5.87. The molecule has 0 aliphatic carbocycles. The molecular weight excluding hydrogens is 256 g/mol. The zero-order chi connectivity index (χ0) is 15.1. The minimum Gasteiger partial charge on any atom is -0.354 e. The van der Waals surface area contributed by atoms with Crippen LogP contribution in [-0.4, -0.2) is 56.0 Å². The third-order valence-corrected chi connectivity index (χ3v) is 3.87. The van der Waals surface area contributed by atoms with Crippen molar-refractivity contribution in [2.24, 2.45) is 17.6 Å². The fourth-order valence-corrected chi connectivity index (χ4v) is 2.17. The molecule has 1 atom stereocenters. The van der Waals surface area contributed by atoms with Crippen LogP contribution in [0.25, 0.3) is 0 Å². The summed E-state index contributed by atoms with van der Waals surface area (Å²) in [5, 5.41) is 5.45. The van der Waals surface area contributed by atoms with Gasteiger partial charge < -0.3 is 21.3 Å². The van der Waals surface area contributed by atoms with Gasteiger partial charge in [0.25, 0.3) is 0 Å². The van der Waals surface area contributed by atoms with Crippen molar-refractivity contribution in [1.82, 2.24) is 15.5 Å². The maximum absolute atomic E-state index is 11.7. The summed E-state index contributed by atoms with van der Waals surface area (Å²) in [6, 6.07) is -0.559. The van der Waals surface area contributed by atoms with E-state index >= 15 is 0 Å². The largest absolute Gasteiger partial charge is 0.354 e. The lowest BCUT2D eigenvalue weighted by Gasteiger charge is -2.28. The van der Waals surface area contributed by atoms with Crippen LogP contribution in [0.3, 0.4) is 0 Å². The molecule has 0 spiro atoms. The third kappa shape index (κ3) is 5.88. The summed E-state index contributed by atoms with van der Waals surface area (Å²) < 4.78 is 0. The minimum absolute atomic E-state index is 0.00583. The molecule has 1 aliphatic rings. The van der Waals surface area contributed by atoms with Crippen LogP contribution in [0.15, 0.2) is 0 Å². The standard InChI is InChI=1S/C14H28N4O2/c1-10(2)13(15)14(20)17-9-12(19)16-8-11-4-6-18(3)7-5-11/h10-11,13H,4-9,15H2,1-3H3,(H,16,19)(H,17,20)/t13-/m0/s1. The molecule has 4 N–H and O–H groups in total. The van der Waals surface area contributed by atoms with Crippen molar-refractivity contribution in [1.29, 1.82) is 0 Å². The first-order chi connectivity index (χ1) is 9.40. The van der Waals surface area contributed by atoms with Crippen LogP contribution < -0.4 is 16.4 Å². The number of rotatable bonds is 6. The average molecular weight is 284 g/mol. The van der Waals surface area contributed by atoms with E-state index in [1.165, 1.54) is 0 Å². The molecule has 2 amide bonds. The Kier molecular flexibility index (Phi) is 6.95. The highest BCUT2D eigenvalue weighted by Crippen LogP contribution is 2.14. The number of nitrogens with one attached hydrogen (secondary N) is 2. The molecule has 0 aromatic heterocycles. The number of hydrogen-bond donors (Lipinski definition) is 3. The van der Waals surface area contributed by atoms with Crippen LogP contribution in [0.1, 0.15) is 26.7 Å². The van der Waals surface area contributed by atoms with Crippen LogP contribution >= 0.6 is 0 Å². The lowest BCUT2D eigenvalue weighted by atomic mass is 9.97. The van der Waals surface area contributed by atoms with Gasteiger partial charge in [-0.3, -0.25) is 9.59 Å². The van der Waals surface area contributed by atoms with Gasteiger partial charge in [-0.05, 0) is 44.8 Å². The molecule has 1 aliphatic heterocycles. The van der Waals surface area contributed by atoms with E-state index in [0.717, 1.165) is 25.9 Å². The molecule has 1 rings (SSSR count). The number of piperidine rings is 1. The molecule has 0 unspecified atom stereocenters. The Labute approximate surface area is 121 Å². The second-order valence-electron chi connectivity index (χ2n) is 6.04. The number of hydrogen-bond acceptors (Lipinski definition) is 4. The molecule has 0 radical (unpaired) electrons. The average Bonchev–Trinajstić information content (AvgIpc) is 2.43. The van der Waals surface area contributed by atoms with Gasteiger partial charge in [-0.1, -0.05) is 13.8 Å². The summed E-state index contributed by atoms with van der Waals surface area (Å²) in [5.41, 5.74) is 5.70. The first-order valence-electron chi connectivity index (χ1n) is 7.38. The quantitative estimate of drug-likeness (QED) is 0.616. The van der Waals surface area contributed by atoms with Gasteiger partial charge in [-0.15, -0.1) is 0 Å². The summed E-state index contributed by atoms with van der Waals surface area (Å²) >= 11 is 0. The Morgan fingerprint density at radius 2 is 1.85 bits per heavy atom. The SMILES string of the molecule is CC(C)[C@H](N)C(=O)NCC(=O)NCC1CCN(C)CC1. The van der Waals surface area contributed by atoms with E-state index in [-0.39, 0.29) is 24.3 Å². The highest BCUT2D eigenvalue weighted by Gasteiger charge is 2.19. The van der Waals surface area contributed by atoms with Crippen molar-refractivity contribution in [3.8, 4) is 0 Å². The van der Waals surface area contributed by atoms with E-state index in [9.17, 15) is 9.59 Å². The molecule has 1 saturated heterocycles. The Bertz CT molecular complexity index is 325. The number of nitrogens with zero attached hydrogens (tertiary/aromatic N) is 1. The number of carbonyl (C=O) groups excluding carboxylic acids is 2. The maximum atomic E-state index is 11.7. The van der Waals surface area contributed by atoms with E-state index in [4.69, 9.17) is 5.73 Å². The normalized spacial score (nSPS) is 18.9. The molecule has 0 aromatic carbocycles. The van der Waals surface area contributed by atoms with E-state index in [1.54, 1.807) is 0 Å². The second-order valence-corrected chi connectivity index (χ2v) is 6.04. The zero-order valence-corrected chi connectivity index (χ0v) is 12.8. The Morgan fingerprint density at radius 1 is 1.25 bits per heavy atom. The van der Waals surface area contributed by atoms with Gasteiger partial charge in [0.15, 0.2) is 0 Å². The molecule has 1 fully saturated rings. The molecular formula is C14H28N4O2. The van der Waals surface area contributed by atoms with Crippen molar-refractivity contribution >= 4 is 11.8 Å². The molecule has 0 aromatic rings. The molecule has 6 nitrogen and oxygen atoms in total. The Hall–Kier alpha value is -1.14. The van der Waals surface area contributed by atoms with Crippen molar-refractivity contribution in [2.75, 3.05) is 33.2 Å². The van der Waals surface area contributed by atoms with Crippen LogP contribution in [0.5, 0.6) is 0 Å². The highest BCUT2D eigenvalue weighted by atomic mass is 16.2. The van der Waals surface area contributed by atoms with Crippen LogP contribution in [-0.2, 0) is 9.59 Å². The minimum atomic E-state index is -0.559. The fraction of sp³-hybridized carbons (Fsp3) is 0.857. The number of amides is 2. The topological polar surface area (TPSA) is 87.5 Å². The van der Waals surface area contributed by atoms with Gasteiger partial charge >= 0.3 is 0 Å². The van der Waals surface area contributed by atoms with E-state index in [2.05, 4.69) is 22.6 Å². The Morgan fingerprint density at radius 3 is 2.40 bits per heavy atom. The summed E-state index contributed by atoms with van der Waals surface area (Å²) in [7, 11) is 2.11. The molecule has 1 heterocycles. The maximum Gasteiger partial charge on any atom is 0.239 e. The summed E-state index contributed by atoms with van der Waals surface area (Å²) in [5.74, 6) is 0.198. The first kappa shape index (κ1) is 16.9. The van der Waals surface area contributed by atoms with Gasteiger partial charge in [0.1, 0.15) is 0 Å². The molecule has 0 saturated carbocycles. The van der Waals surface area contributed by atoms with E-state index in [1.807, 2.05) is 13.8 Å². The van der Waals surface area contributed by atoms with Gasteiger partial charge in [0, 0.05) is 6.54 Å². The van der Waals surface area contributed by atoms with Crippen molar-refractivity contribution in [2.45, 2.75) is 32.7 Å². The van der Waals surface area contributed by atoms with Gasteiger partial charge in [0.2, 0.25) is 11.8 Å². The summed E-state index contributed by atoms with van der Waals surface area (Å²) in [6.45, 7) is 6.63. The molecule has 116 valence electrons. The third-order valence-electron chi connectivity index (χ3n) is 3.87. The predicted octanol–water partition coefficient (Wildman–Crippen LogP) is -0.456. The molecule has 0 bridgehead atoms. The van der Waals surface area contributed by atoms with Gasteiger partial charge in [-0.2, -0.15) is 0 Å². The van der Waals surface area contributed by atoms with Crippen molar-refractivity contribution < 1.29 is 9.59 Å². The summed E-state index contributed by atoms with van der Waals surface area (Å²) in [4.78, 5) is 25.6. The van der Waals surface area contributed by atoms with Crippen molar-refractivity contribution in [3.63, 3.8) is 0 Å². The van der Waals surface area contributed by atoms with Gasteiger partial charge in [0.05, 0.1) is 12.6 Å². The molecule has 20 heavy (non-hydrogen) atoms. The second kappa shape index (κ2) is 8.21. The first-order valence-corrected chi connectivity index (χ1v) is 7.38. The monoisotopic (exact) mass is 284 g/mol. The van der Waals surface area contributed by atoms with E-state index < -0.39 is 6.04 Å². The fourth-order valence-electron chi connectivity index (χ4n) is 2.17. The predicted molar refractivity (Wildman–Crippen MR) is 79.1 cm³/mol. The Balaban J connectivity index is 2.16. The number of likely N-dealkylation sites (tertiary alicyclic amines) is 1. The van der Waals surface area contributed by atoms with Crippen LogP contribution in [0, 0.1) is 11.8 Å². The number of nitrogens with two attached hydrogens (primary N) is 1. The lowest BCUT2D eigenvalue weighted by molar-refractivity contribution is -0.127. The summed E-state index contributed by atoms with van der Waals surface area (Å²) in [6.07, 6.45) is 2.22. The number of carbonyl (C=O) groups is 2. The van der Waals surface area contributed by atoms with Crippen LogP contribution in [0.2, 0.25) is 0 Å². The zero-order valence-electron chi connectivity index (χ0n) is 12.8. The van der Waals surface area contributed by atoms with Crippen LogP contribution in [0.4, 0.5) is 0 Å². The van der Waals surface area contributed by atoms with Gasteiger partial charge in [-0.25, -0.2) is 0 Å².